The minimum Gasteiger partial charge on any atom is -0.507 e. The Morgan fingerprint density at radius 3 is 1.86 bits per heavy atom. The van der Waals surface area contributed by atoms with E-state index in [4.69, 9.17) is 9.47 Å². The van der Waals surface area contributed by atoms with Crippen LogP contribution in [0.4, 0.5) is 0 Å². The molecule has 28 heavy (non-hydrogen) atoms. The molecular weight excluding hydrogens is 364 g/mol. The summed E-state index contributed by atoms with van der Waals surface area (Å²) >= 11 is 0. The van der Waals surface area contributed by atoms with Crippen LogP contribution in [0.25, 0.3) is 0 Å². The van der Waals surface area contributed by atoms with Crippen LogP contribution in [0.15, 0.2) is 36.4 Å². The van der Waals surface area contributed by atoms with E-state index in [0.717, 1.165) is 22.6 Å². The second kappa shape index (κ2) is 7.82. The Labute approximate surface area is 171 Å². The van der Waals surface area contributed by atoms with Crippen molar-refractivity contribution in [2.45, 2.75) is 65.5 Å². The predicted octanol–water partition coefficient (Wildman–Crippen LogP) is 5.53. The fourth-order valence-corrected chi connectivity index (χ4v) is 5.00. The van der Waals surface area contributed by atoms with Crippen LogP contribution in [0.3, 0.4) is 0 Å². The van der Waals surface area contributed by atoms with E-state index in [1.807, 2.05) is 24.3 Å². The van der Waals surface area contributed by atoms with Crippen LogP contribution >= 0.6 is 0 Å². The Kier molecular flexibility index (Phi) is 6.24. The first kappa shape index (κ1) is 22.3. The average molecular weight is 401 g/mol. The topological polar surface area (TPSA) is 38.7 Å². The first-order chi connectivity index (χ1) is 12.8. The van der Waals surface area contributed by atoms with E-state index in [9.17, 15) is 5.11 Å². The summed E-state index contributed by atoms with van der Waals surface area (Å²) in [6.45, 7) is 17.3. The lowest BCUT2D eigenvalue weighted by molar-refractivity contribution is 0.369. The van der Waals surface area contributed by atoms with Crippen molar-refractivity contribution in [2.24, 2.45) is 0 Å². The zero-order valence-corrected chi connectivity index (χ0v) is 19.9. The van der Waals surface area contributed by atoms with Crippen LogP contribution in [-0.2, 0) is 10.8 Å². The smallest absolute Gasteiger partial charge is 0.124 e. The molecule has 0 aliphatic rings. The Hall–Kier alpha value is -1.94. The molecule has 0 saturated carbocycles. The zero-order valence-electron chi connectivity index (χ0n) is 18.9. The van der Waals surface area contributed by atoms with E-state index in [1.165, 1.54) is 5.19 Å². The molecule has 1 N–H and O–H groups in total. The molecule has 0 unspecified atom stereocenters. The number of hydrogen-bond donors (Lipinski definition) is 1. The summed E-state index contributed by atoms with van der Waals surface area (Å²) in [4.78, 5) is 0. The van der Waals surface area contributed by atoms with Crippen molar-refractivity contribution >= 4 is 13.3 Å². The van der Waals surface area contributed by atoms with Crippen LogP contribution in [0.2, 0.25) is 13.1 Å². The van der Waals surface area contributed by atoms with Gasteiger partial charge in [0, 0.05) is 11.1 Å². The van der Waals surface area contributed by atoms with Gasteiger partial charge in [0.1, 0.15) is 25.3 Å². The van der Waals surface area contributed by atoms with Gasteiger partial charge in [0.25, 0.3) is 0 Å². The standard InChI is InChI=1S/C24H36O3Si/c1-23(2,3)20-14-18(15-21(22(20)25)24(4,5)6)27-16-28(8,9)19-12-10-11-17(13-19)26-7/h10-15,25H,16H2,1-9H3. The SMILES string of the molecule is COc1cccc([Si](C)(C)COc2cc(C(C)(C)C)c(O)c(C(C)(C)C)c2)c1. The molecule has 0 radical (unpaired) electrons. The first-order valence-electron chi connectivity index (χ1n) is 9.91. The number of methoxy groups -OCH3 is 1. The number of hydrogen-bond acceptors (Lipinski definition) is 3. The van der Waals surface area contributed by atoms with Crippen molar-refractivity contribution in [3.8, 4) is 17.2 Å². The van der Waals surface area contributed by atoms with Gasteiger partial charge in [-0.05, 0) is 35.1 Å². The van der Waals surface area contributed by atoms with Crippen molar-refractivity contribution in [3.63, 3.8) is 0 Å². The van der Waals surface area contributed by atoms with Crippen molar-refractivity contribution in [1.82, 2.24) is 0 Å². The van der Waals surface area contributed by atoms with Crippen molar-refractivity contribution < 1.29 is 14.6 Å². The zero-order chi connectivity index (χ0) is 21.3. The summed E-state index contributed by atoms with van der Waals surface area (Å²) in [6, 6.07) is 12.3. The summed E-state index contributed by atoms with van der Waals surface area (Å²) in [5, 5.41) is 12.2. The molecule has 0 bridgehead atoms. The lowest BCUT2D eigenvalue weighted by Crippen LogP contribution is -2.47. The summed E-state index contributed by atoms with van der Waals surface area (Å²) in [7, 11) is -0.118. The highest BCUT2D eigenvalue weighted by atomic mass is 28.3. The van der Waals surface area contributed by atoms with E-state index >= 15 is 0 Å². The van der Waals surface area contributed by atoms with Crippen LogP contribution in [0, 0.1) is 0 Å². The highest BCUT2D eigenvalue weighted by Gasteiger charge is 2.29. The summed E-state index contributed by atoms with van der Waals surface area (Å²) in [6.07, 6.45) is 0.665. The number of phenols is 1. The van der Waals surface area contributed by atoms with Gasteiger partial charge in [0.2, 0.25) is 0 Å². The summed E-state index contributed by atoms with van der Waals surface area (Å²) in [5.41, 5.74) is 1.53. The van der Waals surface area contributed by atoms with E-state index in [2.05, 4.69) is 66.8 Å². The molecule has 0 heterocycles. The molecule has 2 aromatic rings. The van der Waals surface area contributed by atoms with Gasteiger partial charge in [-0.1, -0.05) is 72.0 Å². The van der Waals surface area contributed by atoms with Crippen LogP contribution in [0.1, 0.15) is 52.7 Å². The molecular formula is C24H36O3Si. The molecule has 2 rings (SSSR count). The molecule has 2 aromatic carbocycles. The van der Waals surface area contributed by atoms with E-state index < -0.39 is 8.07 Å². The Morgan fingerprint density at radius 2 is 1.39 bits per heavy atom. The van der Waals surface area contributed by atoms with Crippen LogP contribution < -0.4 is 14.7 Å². The third kappa shape index (κ3) is 5.10. The highest BCUT2D eigenvalue weighted by molar-refractivity contribution is 6.89. The molecule has 0 aliphatic heterocycles. The average Bonchev–Trinajstić information content (AvgIpc) is 2.59. The predicted molar refractivity (Wildman–Crippen MR) is 121 cm³/mol. The molecule has 0 atom stereocenters. The van der Waals surface area contributed by atoms with Gasteiger partial charge in [-0.25, -0.2) is 0 Å². The maximum absolute atomic E-state index is 10.9. The number of aromatic hydroxyl groups is 1. The maximum atomic E-state index is 10.9. The van der Waals surface area contributed by atoms with Gasteiger partial charge >= 0.3 is 0 Å². The van der Waals surface area contributed by atoms with Gasteiger partial charge in [-0.2, -0.15) is 0 Å². The van der Waals surface area contributed by atoms with Crippen LogP contribution in [-0.4, -0.2) is 26.5 Å². The molecule has 4 heteroatoms. The Bertz CT molecular complexity index is 791. The second-order valence-corrected chi connectivity index (χ2v) is 14.9. The van der Waals surface area contributed by atoms with Crippen molar-refractivity contribution in [2.75, 3.05) is 13.3 Å². The second-order valence-electron chi connectivity index (χ2n) is 10.3. The molecule has 3 nitrogen and oxygen atoms in total. The van der Waals surface area contributed by atoms with E-state index in [1.54, 1.807) is 7.11 Å². The molecule has 0 saturated heterocycles. The molecule has 0 aliphatic carbocycles. The number of ether oxygens (including phenoxy) is 2. The quantitative estimate of drug-likeness (QED) is 0.671. The Balaban J connectivity index is 2.37. The summed E-state index contributed by atoms with van der Waals surface area (Å²) in [5.74, 6) is 2.10. The number of phenolic OH excluding ortho intramolecular Hbond substituents is 1. The normalized spacial score (nSPS) is 12.8. The fraction of sp³-hybridized carbons (Fsp3) is 0.500. The molecule has 154 valence electrons. The highest BCUT2D eigenvalue weighted by Crippen LogP contribution is 2.41. The van der Waals surface area contributed by atoms with Crippen molar-refractivity contribution in [1.29, 1.82) is 0 Å². The number of rotatable bonds is 5. The van der Waals surface area contributed by atoms with Gasteiger partial charge in [0.05, 0.1) is 13.3 Å². The largest absolute Gasteiger partial charge is 0.507 e. The van der Waals surface area contributed by atoms with Gasteiger partial charge in [-0.3, -0.25) is 0 Å². The van der Waals surface area contributed by atoms with E-state index in [-0.39, 0.29) is 10.8 Å². The molecule has 0 amide bonds. The third-order valence-corrected chi connectivity index (χ3v) is 7.89. The minimum absolute atomic E-state index is 0.163. The molecule has 0 aromatic heterocycles. The number of benzene rings is 2. The van der Waals surface area contributed by atoms with Gasteiger partial charge < -0.3 is 14.6 Å². The minimum atomic E-state index is -1.81. The van der Waals surface area contributed by atoms with Crippen molar-refractivity contribution in [3.05, 3.63) is 47.5 Å². The lowest BCUT2D eigenvalue weighted by atomic mass is 9.79. The molecule has 0 fully saturated rings. The maximum Gasteiger partial charge on any atom is 0.124 e. The van der Waals surface area contributed by atoms with Crippen LogP contribution in [0.5, 0.6) is 17.2 Å². The summed E-state index contributed by atoms with van der Waals surface area (Å²) < 4.78 is 11.7. The first-order valence-corrected chi connectivity index (χ1v) is 13.1. The van der Waals surface area contributed by atoms with Gasteiger partial charge in [0.15, 0.2) is 0 Å². The Morgan fingerprint density at radius 1 is 0.857 bits per heavy atom. The lowest BCUT2D eigenvalue weighted by Gasteiger charge is -2.29. The molecule has 0 spiro atoms. The van der Waals surface area contributed by atoms with E-state index in [0.29, 0.717) is 12.0 Å². The van der Waals surface area contributed by atoms with Gasteiger partial charge in [-0.15, -0.1) is 0 Å². The monoisotopic (exact) mass is 400 g/mol. The fourth-order valence-electron chi connectivity index (χ4n) is 3.23. The third-order valence-electron chi connectivity index (χ3n) is 5.15.